The fraction of sp³-hybridized carbons (Fsp3) is 0.111. The zero-order valence-electron chi connectivity index (χ0n) is 7.06. The summed E-state index contributed by atoms with van der Waals surface area (Å²) in [7, 11) is 0. The Morgan fingerprint density at radius 2 is 2.21 bits per heavy atom. The van der Waals surface area contributed by atoms with Crippen molar-refractivity contribution in [2.45, 2.75) is 11.3 Å². The van der Waals surface area contributed by atoms with Gasteiger partial charge in [-0.3, -0.25) is 4.79 Å². The van der Waals surface area contributed by atoms with Crippen LogP contribution in [0.15, 0.2) is 17.0 Å². The zero-order chi connectivity index (χ0) is 10.7. The molecule has 1 rings (SSSR count). The third-order valence-corrected chi connectivity index (χ3v) is 2.21. The summed E-state index contributed by atoms with van der Waals surface area (Å²) in [5, 5.41) is 26.5. The first-order valence-corrected chi connectivity index (χ1v) is 4.16. The predicted octanol–water partition coefficient (Wildman–Crippen LogP) is 1.18. The average Bonchev–Trinajstić information content (AvgIpc) is 2.13. The lowest BCUT2D eigenvalue weighted by Crippen LogP contribution is -2.03. The number of thiol groups is 1. The topological polar surface area (TPSA) is 81.3 Å². The van der Waals surface area contributed by atoms with Crippen molar-refractivity contribution in [3.8, 4) is 11.8 Å². The van der Waals surface area contributed by atoms with E-state index in [0.29, 0.717) is 0 Å². The molecular weight excluding hydrogens is 202 g/mol. The van der Waals surface area contributed by atoms with Crippen LogP contribution in [0, 0.1) is 11.3 Å². The minimum absolute atomic E-state index is 0.122. The first-order valence-electron chi connectivity index (χ1n) is 3.72. The molecule has 2 N–H and O–H groups in total. The highest BCUT2D eigenvalue weighted by Crippen LogP contribution is 2.28. The minimum atomic E-state index is -1.07. The van der Waals surface area contributed by atoms with Gasteiger partial charge in [-0.25, -0.2) is 0 Å². The van der Waals surface area contributed by atoms with Crippen molar-refractivity contribution in [3.63, 3.8) is 0 Å². The highest BCUT2D eigenvalue weighted by molar-refractivity contribution is 7.80. The van der Waals surface area contributed by atoms with Crippen LogP contribution in [0.4, 0.5) is 0 Å². The molecule has 0 saturated heterocycles. The maximum Gasteiger partial charge on any atom is 0.307 e. The van der Waals surface area contributed by atoms with Crippen molar-refractivity contribution >= 4 is 18.6 Å². The number of benzene rings is 1. The van der Waals surface area contributed by atoms with E-state index in [-0.39, 0.29) is 28.2 Å². The van der Waals surface area contributed by atoms with Gasteiger partial charge in [-0.1, -0.05) is 0 Å². The van der Waals surface area contributed by atoms with Gasteiger partial charge < -0.3 is 10.2 Å². The summed E-state index contributed by atoms with van der Waals surface area (Å²) in [5.74, 6) is -1.19. The van der Waals surface area contributed by atoms with Crippen molar-refractivity contribution in [1.29, 1.82) is 5.26 Å². The van der Waals surface area contributed by atoms with Crippen LogP contribution in [0.5, 0.6) is 5.75 Å². The summed E-state index contributed by atoms with van der Waals surface area (Å²) in [5.41, 5.74) is 0.457. The molecule has 0 atom stereocenters. The van der Waals surface area contributed by atoms with Gasteiger partial charge in [-0.05, 0) is 17.7 Å². The van der Waals surface area contributed by atoms with Gasteiger partial charge in [0.25, 0.3) is 0 Å². The standard InChI is InChI=1S/C9H7NO3S/c10-4-5-1-2-7(11)9(14)6(5)3-8(12)13/h1-2,11,14H,3H2,(H,12,13). The summed E-state index contributed by atoms with van der Waals surface area (Å²) in [6.45, 7) is 0. The highest BCUT2D eigenvalue weighted by atomic mass is 32.1. The first kappa shape index (κ1) is 10.4. The van der Waals surface area contributed by atoms with Gasteiger partial charge in [0.1, 0.15) is 5.75 Å². The molecule has 0 aliphatic carbocycles. The number of aliphatic carboxylic acids is 1. The Bertz CT molecular complexity index is 423. The Balaban J connectivity index is 3.29. The molecule has 1 aromatic rings. The van der Waals surface area contributed by atoms with Crippen molar-refractivity contribution < 1.29 is 15.0 Å². The number of carboxylic acid groups (broad SMARTS) is 1. The number of phenols is 1. The quantitative estimate of drug-likeness (QED) is 0.639. The fourth-order valence-electron chi connectivity index (χ4n) is 1.06. The number of phenolic OH excluding ortho intramolecular Hbond substituents is 1. The minimum Gasteiger partial charge on any atom is -0.507 e. The maximum atomic E-state index is 10.5. The molecule has 72 valence electrons. The van der Waals surface area contributed by atoms with E-state index in [2.05, 4.69) is 12.6 Å². The number of hydrogen-bond donors (Lipinski definition) is 3. The first-order chi connectivity index (χ1) is 6.56. The Morgan fingerprint density at radius 1 is 1.57 bits per heavy atom. The molecule has 0 amide bonds. The van der Waals surface area contributed by atoms with Crippen LogP contribution in [-0.2, 0) is 11.2 Å². The van der Waals surface area contributed by atoms with Gasteiger partial charge in [-0.2, -0.15) is 5.26 Å². The van der Waals surface area contributed by atoms with Gasteiger partial charge in [0.2, 0.25) is 0 Å². The molecule has 0 radical (unpaired) electrons. The fourth-order valence-corrected chi connectivity index (χ4v) is 1.33. The second-order valence-electron chi connectivity index (χ2n) is 2.64. The van der Waals surface area contributed by atoms with Gasteiger partial charge in [0.15, 0.2) is 0 Å². The second kappa shape index (κ2) is 4.03. The third-order valence-electron chi connectivity index (χ3n) is 1.71. The molecule has 4 nitrogen and oxygen atoms in total. The molecule has 5 heteroatoms. The lowest BCUT2D eigenvalue weighted by Gasteiger charge is -2.06. The number of nitrogens with zero attached hydrogens (tertiary/aromatic N) is 1. The van der Waals surface area contributed by atoms with E-state index < -0.39 is 5.97 Å². The Kier molecular flexibility index (Phi) is 2.99. The van der Waals surface area contributed by atoms with Gasteiger partial charge in [-0.15, -0.1) is 12.6 Å². The summed E-state index contributed by atoms with van der Waals surface area (Å²) in [6, 6.07) is 4.53. The number of nitriles is 1. The van der Waals surface area contributed by atoms with Gasteiger partial charge in [0.05, 0.1) is 22.9 Å². The summed E-state index contributed by atoms with van der Waals surface area (Å²) < 4.78 is 0. The lowest BCUT2D eigenvalue weighted by molar-refractivity contribution is -0.136. The number of carbonyl (C=O) groups is 1. The predicted molar refractivity (Wildman–Crippen MR) is 51.4 cm³/mol. The highest BCUT2D eigenvalue weighted by Gasteiger charge is 2.12. The molecule has 0 spiro atoms. The zero-order valence-corrected chi connectivity index (χ0v) is 7.95. The number of rotatable bonds is 2. The number of carboxylic acids is 1. The van der Waals surface area contributed by atoms with Gasteiger partial charge in [0, 0.05) is 0 Å². The largest absolute Gasteiger partial charge is 0.507 e. The Hall–Kier alpha value is -1.67. The van der Waals surface area contributed by atoms with Crippen molar-refractivity contribution in [3.05, 3.63) is 23.3 Å². The third kappa shape index (κ3) is 1.98. The lowest BCUT2D eigenvalue weighted by atomic mass is 10.1. The summed E-state index contributed by atoms with van der Waals surface area (Å²) >= 11 is 3.95. The van der Waals surface area contributed by atoms with Crippen molar-refractivity contribution in [1.82, 2.24) is 0 Å². The van der Waals surface area contributed by atoms with Crippen LogP contribution < -0.4 is 0 Å². The van der Waals surface area contributed by atoms with E-state index in [0.717, 1.165) is 0 Å². The molecule has 0 unspecified atom stereocenters. The van der Waals surface area contributed by atoms with E-state index in [1.165, 1.54) is 12.1 Å². The van der Waals surface area contributed by atoms with Crippen LogP contribution in [-0.4, -0.2) is 16.2 Å². The molecule has 0 bridgehead atoms. The van der Waals surface area contributed by atoms with E-state index in [4.69, 9.17) is 10.4 Å². The van der Waals surface area contributed by atoms with Crippen LogP contribution in [0.2, 0.25) is 0 Å². The van der Waals surface area contributed by atoms with Crippen molar-refractivity contribution in [2.24, 2.45) is 0 Å². The van der Waals surface area contributed by atoms with Crippen LogP contribution in [0.25, 0.3) is 0 Å². The molecule has 14 heavy (non-hydrogen) atoms. The van der Waals surface area contributed by atoms with Crippen molar-refractivity contribution in [2.75, 3.05) is 0 Å². The molecule has 0 aliphatic rings. The van der Waals surface area contributed by atoms with E-state index in [1.807, 2.05) is 6.07 Å². The number of hydrogen-bond acceptors (Lipinski definition) is 4. The smallest absolute Gasteiger partial charge is 0.307 e. The van der Waals surface area contributed by atoms with Gasteiger partial charge >= 0.3 is 5.97 Å². The SMILES string of the molecule is N#Cc1ccc(O)c(S)c1CC(=O)O. The maximum absolute atomic E-state index is 10.5. The molecule has 0 aromatic heterocycles. The molecule has 0 aliphatic heterocycles. The van der Waals surface area contributed by atoms with E-state index in [1.54, 1.807) is 0 Å². The van der Waals surface area contributed by atoms with Crippen LogP contribution in [0.1, 0.15) is 11.1 Å². The monoisotopic (exact) mass is 209 g/mol. The van der Waals surface area contributed by atoms with E-state index >= 15 is 0 Å². The molecule has 0 saturated carbocycles. The van der Waals surface area contributed by atoms with Crippen LogP contribution >= 0.6 is 12.6 Å². The molecule has 1 aromatic carbocycles. The Labute approximate surface area is 85.8 Å². The molecule has 0 fully saturated rings. The Morgan fingerprint density at radius 3 is 2.71 bits per heavy atom. The average molecular weight is 209 g/mol. The normalized spacial score (nSPS) is 9.43. The van der Waals surface area contributed by atoms with E-state index in [9.17, 15) is 9.90 Å². The summed E-state index contributed by atoms with van der Waals surface area (Å²) in [4.78, 5) is 10.6. The summed E-state index contributed by atoms with van der Waals surface area (Å²) in [6.07, 6.45) is -0.323. The number of aromatic hydroxyl groups is 1. The molecular formula is C9H7NO3S. The van der Waals surface area contributed by atoms with Crippen LogP contribution in [0.3, 0.4) is 0 Å². The molecule has 0 heterocycles. The second-order valence-corrected chi connectivity index (χ2v) is 3.09.